The van der Waals surface area contributed by atoms with E-state index in [0.29, 0.717) is 23.6 Å². The van der Waals surface area contributed by atoms with Crippen LogP contribution in [0.2, 0.25) is 0 Å². The minimum atomic E-state index is -0.742. The van der Waals surface area contributed by atoms with Crippen LogP contribution in [0.15, 0.2) is 78.4 Å². The summed E-state index contributed by atoms with van der Waals surface area (Å²) in [5.74, 6) is -0.875. The van der Waals surface area contributed by atoms with Crippen LogP contribution < -0.4 is 9.64 Å². The first-order chi connectivity index (χ1) is 16.6. The van der Waals surface area contributed by atoms with E-state index in [2.05, 4.69) is 0 Å². The number of nitrogens with zero attached hydrogens (tertiary/aromatic N) is 1. The fourth-order valence-electron chi connectivity index (χ4n) is 4.98. The van der Waals surface area contributed by atoms with Gasteiger partial charge in [-0.1, -0.05) is 48.5 Å². The second-order valence-corrected chi connectivity index (χ2v) is 8.70. The summed E-state index contributed by atoms with van der Waals surface area (Å²) in [6.45, 7) is 2.38. The van der Waals surface area contributed by atoms with Crippen molar-refractivity contribution >= 4 is 23.1 Å². The van der Waals surface area contributed by atoms with Gasteiger partial charge in [0.15, 0.2) is 0 Å². The number of ketones is 1. The molecule has 0 bridgehead atoms. The van der Waals surface area contributed by atoms with Crippen LogP contribution >= 0.6 is 0 Å². The normalized spacial score (nSPS) is 19.2. The molecule has 3 aromatic carbocycles. The summed E-state index contributed by atoms with van der Waals surface area (Å²) in [5.41, 5.74) is 4.46. The van der Waals surface area contributed by atoms with Crippen LogP contribution in [0.3, 0.4) is 0 Å². The largest absolute Gasteiger partial charge is 0.507 e. The lowest BCUT2D eigenvalue weighted by atomic mass is 9.88. The first-order valence-corrected chi connectivity index (χ1v) is 11.8. The van der Waals surface area contributed by atoms with Crippen molar-refractivity contribution in [1.82, 2.24) is 0 Å². The number of ether oxygens (including phenoxy) is 1. The summed E-state index contributed by atoms with van der Waals surface area (Å²) < 4.78 is 5.62. The molecule has 1 atom stereocenters. The molecule has 0 spiro atoms. The highest BCUT2D eigenvalue weighted by molar-refractivity contribution is 6.51. The Bertz CT molecular complexity index is 1280. The zero-order valence-corrected chi connectivity index (χ0v) is 19.2. The van der Waals surface area contributed by atoms with Crippen molar-refractivity contribution in [3.8, 4) is 5.75 Å². The number of Topliss-reactive ketones (excluding diaryl/α,β-unsaturated/α-hetero) is 1. The second kappa shape index (κ2) is 9.18. The first-order valence-electron chi connectivity index (χ1n) is 11.8. The molecule has 0 radical (unpaired) electrons. The third-order valence-corrected chi connectivity index (χ3v) is 6.59. The second-order valence-electron chi connectivity index (χ2n) is 8.70. The van der Waals surface area contributed by atoms with Crippen molar-refractivity contribution in [2.24, 2.45) is 0 Å². The van der Waals surface area contributed by atoms with Crippen LogP contribution in [-0.2, 0) is 22.4 Å². The van der Waals surface area contributed by atoms with Crippen LogP contribution in [-0.4, -0.2) is 23.4 Å². The van der Waals surface area contributed by atoms with Gasteiger partial charge in [-0.25, -0.2) is 0 Å². The van der Waals surface area contributed by atoms with Gasteiger partial charge < -0.3 is 9.84 Å². The lowest BCUT2D eigenvalue weighted by molar-refractivity contribution is -0.132. The van der Waals surface area contributed by atoms with Crippen LogP contribution in [0.4, 0.5) is 5.69 Å². The molecule has 5 nitrogen and oxygen atoms in total. The standard InChI is InChI=1S/C29H27NO4/c1-2-34-24-14-8-13-23(18-24)30-26(20-10-4-3-5-11-20)25(28(32)29(30)33)27(31)22-16-15-19-9-6-7-12-21(19)17-22/h3-5,8,10-11,13-18,26,31H,2,6-7,9,12H2,1H3/b27-25-. The Hall–Kier alpha value is -3.86. The molecule has 1 heterocycles. The molecule has 1 amide bonds. The average Bonchev–Trinajstić information content (AvgIpc) is 3.14. The molecule has 5 heteroatoms. The summed E-state index contributed by atoms with van der Waals surface area (Å²) in [6, 6.07) is 21.6. The quantitative estimate of drug-likeness (QED) is 0.311. The van der Waals surface area contributed by atoms with Gasteiger partial charge in [-0.2, -0.15) is 0 Å². The number of benzene rings is 3. The van der Waals surface area contributed by atoms with Crippen molar-refractivity contribution in [3.63, 3.8) is 0 Å². The van der Waals surface area contributed by atoms with E-state index < -0.39 is 17.7 Å². The van der Waals surface area contributed by atoms with Gasteiger partial charge in [-0.15, -0.1) is 0 Å². The SMILES string of the molecule is CCOc1cccc(N2C(=O)C(=O)/C(=C(\O)c3ccc4c(c3)CCCC4)C2c2ccccc2)c1. The maximum absolute atomic E-state index is 13.3. The molecule has 5 rings (SSSR count). The van der Waals surface area contributed by atoms with Crippen molar-refractivity contribution in [3.05, 3.63) is 101 Å². The lowest BCUT2D eigenvalue weighted by Crippen LogP contribution is -2.29. The summed E-state index contributed by atoms with van der Waals surface area (Å²) >= 11 is 0. The fourth-order valence-corrected chi connectivity index (χ4v) is 4.98. The third kappa shape index (κ3) is 3.87. The molecule has 2 aliphatic rings. The zero-order chi connectivity index (χ0) is 23.7. The Kier molecular flexibility index (Phi) is 5.93. The van der Waals surface area contributed by atoms with Gasteiger partial charge in [0, 0.05) is 17.3 Å². The van der Waals surface area contributed by atoms with Gasteiger partial charge in [0.1, 0.15) is 11.5 Å². The number of carbonyl (C=O) groups is 2. The minimum absolute atomic E-state index is 0.105. The van der Waals surface area contributed by atoms with Gasteiger partial charge in [0.05, 0.1) is 18.2 Å². The monoisotopic (exact) mass is 453 g/mol. The van der Waals surface area contributed by atoms with E-state index >= 15 is 0 Å². The van der Waals surface area contributed by atoms with Gasteiger partial charge in [-0.05, 0) is 67.5 Å². The van der Waals surface area contributed by atoms with Crippen LogP contribution in [0.1, 0.15) is 48.1 Å². The molecular weight excluding hydrogens is 426 g/mol. The predicted molar refractivity (Wildman–Crippen MR) is 132 cm³/mol. The first kappa shape index (κ1) is 22.0. The number of rotatable bonds is 5. The summed E-state index contributed by atoms with van der Waals surface area (Å²) in [6.07, 6.45) is 4.26. The number of fused-ring (bicyclic) bond motifs is 1. The molecule has 3 aromatic rings. The topological polar surface area (TPSA) is 66.8 Å². The fraction of sp³-hybridized carbons (Fsp3) is 0.241. The Morgan fingerprint density at radius 1 is 0.941 bits per heavy atom. The smallest absolute Gasteiger partial charge is 0.300 e. The molecule has 1 saturated heterocycles. The number of aryl methyl sites for hydroxylation is 2. The number of carbonyl (C=O) groups excluding carboxylic acids is 2. The number of amides is 1. The number of hydrogen-bond acceptors (Lipinski definition) is 4. The van der Waals surface area contributed by atoms with E-state index in [1.807, 2.05) is 61.5 Å². The van der Waals surface area contributed by atoms with Gasteiger partial charge in [0.25, 0.3) is 11.7 Å². The van der Waals surface area contributed by atoms with Crippen molar-refractivity contribution < 1.29 is 19.4 Å². The molecule has 172 valence electrons. The Morgan fingerprint density at radius 3 is 2.47 bits per heavy atom. The summed E-state index contributed by atoms with van der Waals surface area (Å²) in [7, 11) is 0. The number of aliphatic hydroxyl groups is 1. The third-order valence-electron chi connectivity index (χ3n) is 6.59. The minimum Gasteiger partial charge on any atom is -0.507 e. The highest BCUT2D eigenvalue weighted by Gasteiger charge is 2.47. The lowest BCUT2D eigenvalue weighted by Gasteiger charge is -2.26. The predicted octanol–water partition coefficient (Wildman–Crippen LogP) is 5.59. The highest BCUT2D eigenvalue weighted by Crippen LogP contribution is 2.43. The summed E-state index contributed by atoms with van der Waals surface area (Å²) in [5, 5.41) is 11.4. The molecular formula is C29H27NO4. The molecule has 0 saturated carbocycles. The van der Waals surface area contributed by atoms with Gasteiger partial charge in [-0.3, -0.25) is 14.5 Å². The van der Waals surface area contributed by atoms with E-state index in [4.69, 9.17) is 4.74 Å². The Morgan fingerprint density at radius 2 is 1.71 bits per heavy atom. The van der Waals surface area contributed by atoms with Crippen LogP contribution in [0, 0.1) is 0 Å². The van der Waals surface area contributed by atoms with E-state index in [-0.39, 0.29) is 11.3 Å². The molecule has 34 heavy (non-hydrogen) atoms. The average molecular weight is 454 g/mol. The van der Waals surface area contributed by atoms with E-state index in [1.165, 1.54) is 16.0 Å². The molecule has 1 fully saturated rings. The van der Waals surface area contributed by atoms with Crippen molar-refractivity contribution in [2.45, 2.75) is 38.6 Å². The van der Waals surface area contributed by atoms with E-state index in [1.54, 1.807) is 18.2 Å². The maximum Gasteiger partial charge on any atom is 0.300 e. The van der Waals surface area contributed by atoms with Crippen LogP contribution in [0.5, 0.6) is 5.75 Å². The summed E-state index contributed by atoms with van der Waals surface area (Å²) in [4.78, 5) is 28.1. The van der Waals surface area contributed by atoms with Crippen LogP contribution in [0.25, 0.3) is 5.76 Å². The number of hydrogen-bond donors (Lipinski definition) is 1. The molecule has 1 aliphatic carbocycles. The van der Waals surface area contributed by atoms with Crippen molar-refractivity contribution in [1.29, 1.82) is 0 Å². The molecule has 1 unspecified atom stereocenters. The maximum atomic E-state index is 13.3. The van der Waals surface area contributed by atoms with Gasteiger partial charge >= 0.3 is 0 Å². The number of aliphatic hydroxyl groups excluding tert-OH is 1. The van der Waals surface area contributed by atoms with Crippen molar-refractivity contribution in [2.75, 3.05) is 11.5 Å². The highest BCUT2D eigenvalue weighted by atomic mass is 16.5. The Balaban J connectivity index is 1.66. The zero-order valence-electron chi connectivity index (χ0n) is 19.2. The molecule has 1 aliphatic heterocycles. The van der Waals surface area contributed by atoms with Gasteiger partial charge in [0.2, 0.25) is 0 Å². The number of anilines is 1. The van der Waals surface area contributed by atoms with E-state index in [9.17, 15) is 14.7 Å². The Labute approximate surface area is 199 Å². The van der Waals surface area contributed by atoms with E-state index in [0.717, 1.165) is 31.2 Å². The molecule has 0 aromatic heterocycles. The molecule has 1 N–H and O–H groups in total.